The van der Waals surface area contributed by atoms with Gasteiger partial charge in [-0.15, -0.1) is 0 Å². The van der Waals surface area contributed by atoms with E-state index in [1.54, 1.807) is 18.2 Å². The highest BCUT2D eigenvalue weighted by molar-refractivity contribution is 9.10. The van der Waals surface area contributed by atoms with Crippen LogP contribution in [0.5, 0.6) is 0 Å². The van der Waals surface area contributed by atoms with Gasteiger partial charge in [0.25, 0.3) is 5.91 Å². The van der Waals surface area contributed by atoms with Crippen LogP contribution in [0, 0.1) is 0 Å². The van der Waals surface area contributed by atoms with Crippen LogP contribution in [0.1, 0.15) is 43.5 Å². The van der Waals surface area contributed by atoms with Crippen LogP contribution in [-0.4, -0.2) is 11.9 Å². The third-order valence-electron chi connectivity index (χ3n) is 2.54. The van der Waals surface area contributed by atoms with Gasteiger partial charge in [-0.25, -0.2) is 0 Å². The predicted molar refractivity (Wildman–Crippen MR) is 75.6 cm³/mol. The first-order valence-electron chi connectivity index (χ1n) is 5.80. The normalized spacial score (nSPS) is 12.2. The third-order valence-corrected chi connectivity index (χ3v) is 3.44. The number of hydrogen-bond acceptors (Lipinski definition) is 1. The fourth-order valence-corrected chi connectivity index (χ4v) is 2.42. The van der Waals surface area contributed by atoms with Crippen molar-refractivity contribution in [2.24, 2.45) is 0 Å². The van der Waals surface area contributed by atoms with E-state index in [9.17, 15) is 4.79 Å². The van der Waals surface area contributed by atoms with Gasteiger partial charge in [-0.3, -0.25) is 4.79 Å². The monoisotopic (exact) mass is 317 g/mol. The fraction of sp³-hybridized carbons (Fsp3) is 0.462. The van der Waals surface area contributed by atoms with Crippen molar-refractivity contribution in [1.29, 1.82) is 0 Å². The molecule has 0 aliphatic heterocycles. The fourth-order valence-electron chi connectivity index (χ4n) is 1.56. The summed E-state index contributed by atoms with van der Waals surface area (Å²) in [7, 11) is 0. The zero-order chi connectivity index (χ0) is 12.8. The molecule has 4 heteroatoms. The van der Waals surface area contributed by atoms with Crippen molar-refractivity contribution in [1.82, 2.24) is 5.32 Å². The Bertz CT molecular complexity index is 395. The maximum atomic E-state index is 12.0. The first-order chi connectivity index (χ1) is 8.04. The molecular formula is C13H17BrClNO. The summed E-state index contributed by atoms with van der Waals surface area (Å²) in [5.41, 5.74) is 0.623. The van der Waals surface area contributed by atoms with E-state index in [4.69, 9.17) is 11.6 Å². The average molecular weight is 319 g/mol. The molecule has 0 aliphatic rings. The lowest BCUT2D eigenvalue weighted by Gasteiger charge is -2.14. The van der Waals surface area contributed by atoms with Gasteiger partial charge >= 0.3 is 0 Å². The summed E-state index contributed by atoms with van der Waals surface area (Å²) in [5, 5.41) is 3.60. The van der Waals surface area contributed by atoms with Crippen LogP contribution in [0.25, 0.3) is 0 Å². The van der Waals surface area contributed by atoms with E-state index in [0.29, 0.717) is 10.6 Å². The van der Waals surface area contributed by atoms with Crippen LogP contribution in [-0.2, 0) is 0 Å². The predicted octanol–water partition coefficient (Wildman–Crippen LogP) is 4.41. The SMILES string of the molecule is CCCCC(C)NC(=O)c1ccc(Cl)cc1Br. The molecule has 1 amide bonds. The van der Waals surface area contributed by atoms with E-state index < -0.39 is 0 Å². The molecule has 2 nitrogen and oxygen atoms in total. The first kappa shape index (κ1) is 14.5. The Morgan fingerprint density at radius 3 is 2.82 bits per heavy atom. The minimum Gasteiger partial charge on any atom is -0.350 e. The van der Waals surface area contributed by atoms with Crippen LogP contribution in [0.2, 0.25) is 5.02 Å². The zero-order valence-corrected chi connectivity index (χ0v) is 12.4. The van der Waals surface area contributed by atoms with E-state index in [2.05, 4.69) is 28.2 Å². The maximum absolute atomic E-state index is 12.0. The standard InChI is InChI=1S/C13H17BrClNO/c1-3-4-5-9(2)16-13(17)11-7-6-10(15)8-12(11)14/h6-9H,3-5H2,1-2H3,(H,16,17). The Labute approximate surface area is 116 Å². The molecule has 1 rings (SSSR count). The second-order valence-corrected chi connectivity index (χ2v) is 5.43. The van der Waals surface area contributed by atoms with Crippen molar-refractivity contribution in [3.05, 3.63) is 33.3 Å². The molecular weight excluding hydrogens is 302 g/mol. The molecule has 17 heavy (non-hydrogen) atoms. The van der Waals surface area contributed by atoms with Crippen LogP contribution in [0.3, 0.4) is 0 Å². The summed E-state index contributed by atoms with van der Waals surface area (Å²) in [6.07, 6.45) is 3.28. The molecule has 0 saturated carbocycles. The molecule has 0 saturated heterocycles. The maximum Gasteiger partial charge on any atom is 0.252 e. The molecule has 0 aliphatic carbocycles. The van der Waals surface area contributed by atoms with Crippen LogP contribution in [0.4, 0.5) is 0 Å². The van der Waals surface area contributed by atoms with Crippen LogP contribution < -0.4 is 5.32 Å². The highest BCUT2D eigenvalue weighted by Gasteiger charge is 2.12. The summed E-state index contributed by atoms with van der Waals surface area (Å²) in [5.74, 6) is -0.0582. The molecule has 1 atom stereocenters. The van der Waals surface area contributed by atoms with Gasteiger partial charge in [0.1, 0.15) is 0 Å². The van der Waals surface area contributed by atoms with Gasteiger partial charge in [0.15, 0.2) is 0 Å². The minimum atomic E-state index is -0.0582. The number of rotatable bonds is 5. The Hall–Kier alpha value is -0.540. The first-order valence-corrected chi connectivity index (χ1v) is 6.97. The number of carbonyl (C=O) groups excluding carboxylic acids is 1. The molecule has 0 fully saturated rings. The summed E-state index contributed by atoms with van der Waals surface area (Å²) < 4.78 is 0.727. The second-order valence-electron chi connectivity index (χ2n) is 4.14. The largest absolute Gasteiger partial charge is 0.350 e. The number of carbonyl (C=O) groups is 1. The molecule has 1 unspecified atom stereocenters. The van der Waals surface area contributed by atoms with Gasteiger partial charge in [-0.2, -0.15) is 0 Å². The number of unbranched alkanes of at least 4 members (excludes halogenated alkanes) is 1. The number of benzene rings is 1. The van der Waals surface area contributed by atoms with Gasteiger partial charge in [0.2, 0.25) is 0 Å². The number of amides is 1. The van der Waals surface area contributed by atoms with Crippen molar-refractivity contribution >= 4 is 33.4 Å². The number of halogens is 2. The van der Waals surface area contributed by atoms with Gasteiger partial charge in [0.05, 0.1) is 5.56 Å². The lowest BCUT2D eigenvalue weighted by atomic mass is 10.1. The van der Waals surface area contributed by atoms with E-state index in [1.165, 1.54) is 0 Å². The smallest absolute Gasteiger partial charge is 0.252 e. The van der Waals surface area contributed by atoms with Crippen molar-refractivity contribution in [2.75, 3.05) is 0 Å². The van der Waals surface area contributed by atoms with Crippen LogP contribution in [0.15, 0.2) is 22.7 Å². The molecule has 1 aromatic rings. The number of hydrogen-bond donors (Lipinski definition) is 1. The average Bonchev–Trinajstić information content (AvgIpc) is 2.26. The molecule has 1 aromatic carbocycles. The quantitative estimate of drug-likeness (QED) is 0.856. The highest BCUT2D eigenvalue weighted by atomic mass is 79.9. The summed E-state index contributed by atoms with van der Waals surface area (Å²) in [4.78, 5) is 12.0. The van der Waals surface area contributed by atoms with E-state index >= 15 is 0 Å². The zero-order valence-electron chi connectivity index (χ0n) is 10.1. The molecule has 0 spiro atoms. The molecule has 0 radical (unpaired) electrons. The van der Waals surface area contributed by atoms with Crippen molar-refractivity contribution in [2.45, 2.75) is 39.2 Å². The molecule has 0 bridgehead atoms. The van der Waals surface area contributed by atoms with Crippen molar-refractivity contribution < 1.29 is 4.79 Å². The van der Waals surface area contributed by atoms with E-state index in [-0.39, 0.29) is 11.9 Å². The molecule has 0 aromatic heterocycles. The Morgan fingerprint density at radius 2 is 2.24 bits per heavy atom. The minimum absolute atomic E-state index is 0.0582. The van der Waals surface area contributed by atoms with E-state index in [1.807, 2.05) is 6.92 Å². The van der Waals surface area contributed by atoms with Gasteiger partial charge in [-0.05, 0) is 47.5 Å². The Kier molecular flexibility index (Phi) is 6.00. The van der Waals surface area contributed by atoms with Crippen molar-refractivity contribution in [3.8, 4) is 0 Å². The van der Waals surface area contributed by atoms with Gasteiger partial charge < -0.3 is 5.32 Å². The summed E-state index contributed by atoms with van der Waals surface area (Å²) >= 11 is 9.18. The van der Waals surface area contributed by atoms with E-state index in [0.717, 1.165) is 23.7 Å². The summed E-state index contributed by atoms with van der Waals surface area (Å²) in [6.45, 7) is 4.17. The number of nitrogens with one attached hydrogen (secondary N) is 1. The second kappa shape index (κ2) is 7.02. The molecule has 94 valence electrons. The highest BCUT2D eigenvalue weighted by Crippen LogP contribution is 2.21. The molecule has 1 N–H and O–H groups in total. The lowest BCUT2D eigenvalue weighted by molar-refractivity contribution is 0.0937. The van der Waals surface area contributed by atoms with Gasteiger partial charge in [0, 0.05) is 15.5 Å². The Morgan fingerprint density at radius 1 is 1.53 bits per heavy atom. The summed E-state index contributed by atoms with van der Waals surface area (Å²) in [6, 6.07) is 5.38. The van der Waals surface area contributed by atoms with Crippen LogP contribution >= 0.6 is 27.5 Å². The Balaban J connectivity index is 2.63. The topological polar surface area (TPSA) is 29.1 Å². The van der Waals surface area contributed by atoms with Gasteiger partial charge in [-0.1, -0.05) is 31.4 Å². The third kappa shape index (κ3) is 4.68. The lowest BCUT2D eigenvalue weighted by Crippen LogP contribution is -2.32. The van der Waals surface area contributed by atoms with Crippen molar-refractivity contribution in [3.63, 3.8) is 0 Å². The molecule has 0 heterocycles.